The molecular weight excluding hydrogens is 230 g/mol. The molecule has 0 aliphatic carbocycles. The number of likely N-dealkylation sites (tertiary alicyclic amines) is 1. The number of carbonyl (C=O) groups is 2. The number of piperidine rings is 1. The molecule has 0 radical (unpaired) electrons. The molecule has 1 aliphatic heterocycles. The maximum absolute atomic E-state index is 11.6. The van der Waals surface area contributed by atoms with Gasteiger partial charge in [0.1, 0.15) is 0 Å². The van der Waals surface area contributed by atoms with Crippen LogP contribution in [0.15, 0.2) is 0 Å². The van der Waals surface area contributed by atoms with Gasteiger partial charge < -0.3 is 16.0 Å². The summed E-state index contributed by atoms with van der Waals surface area (Å²) in [7, 11) is 0. The van der Waals surface area contributed by atoms with Crippen LogP contribution in [0.2, 0.25) is 0 Å². The molecule has 0 aromatic carbocycles. The first kappa shape index (κ1) is 15.2. The van der Waals surface area contributed by atoms with Crippen LogP contribution in [0, 0.1) is 0 Å². The molecule has 1 rings (SSSR count). The monoisotopic (exact) mass is 249 g/mol. The SMILES string of the molecule is Cl.NCC(=O)NCCC(=O)N1CCCCC1. The predicted octanol–water partition coefficient (Wildman–Crippen LogP) is -0.114. The van der Waals surface area contributed by atoms with Crippen molar-refractivity contribution in [2.75, 3.05) is 26.2 Å². The van der Waals surface area contributed by atoms with Crippen molar-refractivity contribution in [3.05, 3.63) is 0 Å². The molecule has 16 heavy (non-hydrogen) atoms. The van der Waals surface area contributed by atoms with Gasteiger partial charge in [-0.05, 0) is 19.3 Å². The first-order chi connectivity index (χ1) is 7.24. The van der Waals surface area contributed by atoms with Crippen molar-refractivity contribution in [1.29, 1.82) is 0 Å². The first-order valence-electron chi connectivity index (χ1n) is 5.48. The van der Waals surface area contributed by atoms with E-state index in [4.69, 9.17) is 5.73 Å². The molecule has 0 unspecified atom stereocenters. The van der Waals surface area contributed by atoms with E-state index in [1.807, 2.05) is 4.90 Å². The maximum atomic E-state index is 11.6. The van der Waals surface area contributed by atoms with Gasteiger partial charge >= 0.3 is 0 Å². The van der Waals surface area contributed by atoms with E-state index < -0.39 is 0 Å². The Balaban J connectivity index is 0.00000225. The third-order valence-electron chi connectivity index (χ3n) is 2.56. The summed E-state index contributed by atoms with van der Waals surface area (Å²) in [6, 6.07) is 0. The third kappa shape index (κ3) is 5.32. The lowest BCUT2D eigenvalue weighted by atomic mass is 10.1. The van der Waals surface area contributed by atoms with Gasteiger partial charge in [0, 0.05) is 26.1 Å². The highest BCUT2D eigenvalue weighted by Crippen LogP contribution is 2.09. The number of hydrogen-bond donors (Lipinski definition) is 2. The number of nitrogens with one attached hydrogen (secondary N) is 1. The molecule has 0 bridgehead atoms. The largest absolute Gasteiger partial charge is 0.354 e. The minimum absolute atomic E-state index is 0. The van der Waals surface area contributed by atoms with Crippen molar-refractivity contribution >= 4 is 24.2 Å². The zero-order valence-electron chi connectivity index (χ0n) is 9.41. The molecule has 2 amide bonds. The number of rotatable bonds is 4. The fraction of sp³-hybridized carbons (Fsp3) is 0.800. The van der Waals surface area contributed by atoms with Crippen LogP contribution in [-0.4, -0.2) is 42.9 Å². The minimum Gasteiger partial charge on any atom is -0.354 e. The molecule has 1 fully saturated rings. The van der Waals surface area contributed by atoms with Gasteiger partial charge in [-0.25, -0.2) is 0 Å². The second-order valence-electron chi connectivity index (χ2n) is 3.75. The molecule has 5 nitrogen and oxygen atoms in total. The van der Waals surface area contributed by atoms with E-state index in [1.54, 1.807) is 0 Å². The molecule has 0 aromatic rings. The van der Waals surface area contributed by atoms with Crippen molar-refractivity contribution < 1.29 is 9.59 Å². The van der Waals surface area contributed by atoms with E-state index in [-0.39, 0.29) is 30.8 Å². The highest BCUT2D eigenvalue weighted by molar-refractivity contribution is 5.85. The average Bonchev–Trinajstić information content (AvgIpc) is 2.29. The van der Waals surface area contributed by atoms with Crippen LogP contribution in [0.25, 0.3) is 0 Å². The molecule has 0 atom stereocenters. The van der Waals surface area contributed by atoms with E-state index in [0.29, 0.717) is 13.0 Å². The van der Waals surface area contributed by atoms with Gasteiger partial charge in [-0.1, -0.05) is 0 Å². The normalized spacial score (nSPS) is 15.2. The minimum atomic E-state index is -0.207. The fourth-order valence-corrected chi connectivity index (χ4v) is 1.68. The van der Waals surface area contributed by atoms with Gasteiger partial charge in [-0.15, -0.1) is 12.4 Å². The second-order valence-corrected chi connectivity index (χ2v) is 3.75. The number of carbonyl (C=O) groups excluding carboxylic acids is 2. The van der Waals surface area contributed by atoms with Crippen LogP contribution in [-0.2, 0) is 9.59 Å². The summed E-state index contributed by atoms with van der Waals surface area (Å²) in [5, 5.41) is 2.59. The number of nitrogens with two attached hydrogens (primary N) is 1. The molecule has 1 aliphatic rings. The van der Waals surface area contributed by atoms with Gasteiger partial charge in [-0.2, -0.15) is 0 Å². The summed E-state index contributed by atoms with van der Waals surface area (Å²) in [6.07, 6.45) is 3.79. The lowest BCUT2D eigenvalue weighted by Gasteiger charge is -2.26. The Morgan fingerprint density at radius 2 is 1.81 bits per heavy atom. The molecule has 0 spiro atoms. The molecular formula is C10H20ClN3O2. The summed E-state index contributed by atoms with van der Waals surface area (Å²) >= 11 is 0. The highest BCUT2D eigenvalue weighted by atomic mass is 35.5. The molecule has 6 heteroatoms. The average molecular weight is 250 g/mol. The van der Waals surface area contributed by atoms with Crippen LogP contribution in [0.1, 0.15) is 25.7 Å². The van der Waals surface area contributed by atoms with Gasteiger partial charge in [0.05, 0.1) is 6.54 Å². The lowest BCUT2D eigenvalue weighted by Crippen LogP contribution is -2.38. The number of amides is 2. The molecule has 94 valence electrons. The topological polar surface area (TPSA) is 75.4 Å². The van der Waals surface area contributed by atoms with Crippen LogP contribution < -0.4 is 11.1 Å². The summed E-state index contributed by atoms with van der Waals surface area (Å²) in [4.78, 5) is 24.3. The Morgan fingerprint density at radius 3 is 2.38 bits per heavy atom. The zero-order chi connectivity index (χ0) is 11.1. The Morgan fingerprint density at radius 1 is 1.19 bits per heavy atom. The number of hydrogen-bond acceptors (Lipinski definition) is 3. The van der Waals surface area contributed by atoms with Crippen molar-refractivity contribution in [1.82, 2.24) is 10.2 Å². The summed E-state index contributed by atoms with van der Waals surface area (Å²) < 4.78 is 0. The Kier molecular flexibility index (Phi) is 7.93. The molecule has 3 N–H and O–H groups in total. The summed E-state index contributed by atoms with van der Waals surface area (Å²) in [5.41, 5.74) is 5.12. The summed E-state index contributed by atoms with van der Waals surface area (Å²) in [6.45, 7) is 2.11. The van der Waals surface area contributed by atoms with E-state index in [0.717, 1.165) is 25.9 Å². The van der Waals surface area contributed by atoms with Gasteiger partial charge in [0.2, 0.25) is 11.8 Å². The fourth-order valence-electron chi connectivity index (χ4n) is 1.68. The Hall–Kier alpha value is -0.810. The van der Waals surface area contributed by atoms with Crippen LogP contribution in [0.5, 0.6) is 0 Å². The highest BCUT2D eigenvalue weighted by Gasteiger charge is 2.15. The number of halogens is 1. The Labute approximate surface area is 102 Å². The van der Waals surface area contributed by atoms with Crippen molar-refractivity contribution in [2.45, 2.75) is 25.7 Å². The molecule has 1 heterocycles. The van der Waals surface area contributed by atoms with Gasteiger partial charge in [0.15, 0.2) is 0 Å². The van der Waals surface area contributed by atoms with Crippen LogP contribution >= 0.6 is 12.4 Å². The van der Waals surface area contributed by atoms with E-state index in [9.17, 15) is 9.59 Å². The number of nitrogens with zero attached hydrogens (tertiary/aromatic N) is 1. The predicted molar refractivity (Wildman–Crippen MR) is 64.4 cm³/mol. The summed E-state index contributed by atoms with van der Waals surface area (Å²) in [5.74, 6) is -0.0755. The van der Waals surface area contributed by atoms with E-state index in [1.165, 1.54) is 6.42 Å². The maximum Gasteiger partial charge on any atom is 0.233 e. The standard InChI is InChI=1S/C10H19N3O2.ClH/c11-8-9(14)12-5-4-10(15)13-6-2-1-3-7-13;/h1-8,11H2,(H,12,14);1H. The van der Waals surface area contributed by atoms with Crippen LogP contribution in [0.4, 0.5) is 0 Å². The lowest BCUT2D eigenvalue weighted by molar-refractivity contribution is -0.132. The van der Waals surface area contributed by atoms with Crippen molar-refractivity contribution in [3.63, 3.8) is 0 Å². The molecule has 1 saturated heterocycles. The van der Waals surface area contributed by atoms with Gasteiger partial charge in [-0.3, -0.25) is 9.59 Å². The first-order valence-corrected chi connectivity index (χ1v) is 5.48. The second kappa shape index (κ2) is 8.35. The van der Waals surface area contributed by atoms with E-state index >= 15 is 0 Å². The van der Waals surface area contributed by atoms with Crippen molar-refractivity contribution in [2.24, 2.45) is 5.73 Å². The van der Waals surface area contributed by atoms with Crippen molar-refractivity contribution in [3.8, 4) is 0 Å². The Bertz CT molecular complexity index is 230. The molecule has 0 saturated carbocycles. The smallest absolute Gasteiger partial charge is 0.233 e. The van der Waals surface area contributed by atoms with Gasteiger partial charge in [0.25, 0.3) is 0 Å². The van der Waals surface area contributed by atoms with Crippen LogP contribution in [0.3, 0.4) is 0 Å². The molecule has 0 aromatic heterocycles. The zero-order valence-corrected chi connectivity index (χ0v) is 10.2. The third-order valence-corrected chi connectivity index (χ3v) is 2.56. The van der Waals surface area contributed by atoms with E-state index in [2.05, 4.69) is 5.32 Å². The quantitative estimate of drug-likeness (QED) is 0.730.